The van der Waals surface area contributed by atoms with Crippen LogP contribution in [0.1, 0.15) is 132 Å². The minimum Gasteiger partial charge on any atom is -0.458 e. The fourth-order valence-corrected chi connectivity index (χ4v) is 14.8. The second-order valence-electron chi connectivity index (χ2n) is 30.3. The predicted molar refractivity (Wildman–Crippen MR) is 368 cm³/mol. The summed E-state index contributed by atoms with van der Waals surface area (Å²) in [5, 5.41) is 10.0. The van der Waals surface area contributed by atoms with E-state index in [9.17, 15) is 0 Å². The molecule has 0 saturated heterocycles. The molecule has 0 N–H and O–H groups in total. The number of ether oxygens (including phenoxy) is 1. The predicted octanol–water partition coefficient (Wildman–Crippen LogP) is 19.5. The molecule has 0 atom stereocenters. The molecule has 16 rings (SSSR count). The summed E-state index contributed by atoms with van der Waals surface area (Å²) >= 11 is 0. The lowest BCUT2D eigenvalue weighted by atomic mass is 9.34. The molecule has 0 unspecified atom stereocenters. The van der Waals surface area contributed by atoms with E-state index in [2.05, 4.69) is 304 Å². The van der Waals surface area contributed by atoms with Crippen LogP contribution in [-0.2, 0) is 27.1 Å². The Labute approximate surface area is 505 Å². The molecule has 0 fully saturated rings. The van der Waals surface area contributed by atoms with Crippen LogP contribution in [0.15, 0.2) is 182 Å². The quantitative estimate of drug-likeness (QED) is 0.162. The van der Waals surface area contributed by atoms with Crippen LogP contribution in [0.4, 0.5) is 0 Å². The molecule has 0 spiro atoms. The van der Waals surface area contributed by atoms with E-state index in [0.29, 0.717) is 0 Å². The highest BCUT2D eigenvalue weighted by Crippen LogP contribution is 2.47. The molecule has 14 aromatic rings. The molecule has 6 heteroatoms. The van der Waals surface area contributed by atoms with Crippen LogP contribution in [0, 0.1) is 0 Å². The van der Waals surface area contributed by atoms with E-state index in [1.54, 1.807) is 0 Å². The van der Waals surface area contributed by atoms with Crippen molar-refractivity contribution in [3.05, 3.63) is 210 Å². The van der Waals surface area contributed by atoms with Gasteiger partial charge in [0.15, 0.2) is 0 Å². The Bertz CT molecular complexity index is 5200. The molecule has 0 saturated carbocycles. The third-order valence-corrected chi connectivity index (χ3v) is 19.6. The number of fused-ring (bicyclic) bond motifs is 17. The molecule has 86 heavy (non-hydrogen) atoms. The van der Waals surface area contributed by atoms with Gasteiger partial charge in [-0.2, -0.15) is 0 Å². The number of aromatic nitrogens is 4. The van der Waals surface area contributed by atoms with Crippen molar-refractivity contribution in [2.24, 2.45) is 0 Å². The fraction of sp³-hybridized carbons (Fsp3) is 0.250. The molecule has 0 bridgehead atoms. The number of para-hydroxylation sites is 2. The molecule has 4 aromatic heterocycles. The smallest absolute Gasteiger partial charge is 0.256 e. The third-order valence-electron chi connectivity index (χ3n) is 19.6. The highest BCUT2D eigenvalue weighted by molar-refractivity contribution is 6.99. The maximum Gasteiger partial charge on any atom is 0.256 e. The summed E-state index contributed by atoms with van der Waals surface area (Å²) in [5.74, 6) is 1.82. The van der Waals surface area contributed by atoms with Crippen LogP contribution in [0.2, 0.25) is 0 Å². The van der Waals surface area contributed by atoms with Crippen molar-refractivity contribution in [2.45, 2.75) is 131 Å². The van der Waals surface area contributed by atoms with Crippen LogP contribution in [0.25, 0.3) is 110 Å². The zero-order chi connectivity index (χ0) is 59.6. The van der Waals surface area contributed by atoms with Gasteiger partial charge in [0.05, 0.1) is 44.3 Å². The molecular weight excluding hydrogens is 1040 g/mol. The third kappa shape index (κ3) is 7.56. The van der Waals surface area contributed by atoms with Gasteiger partial charge in [0.25, 0.3) is 6.71 Å². The first-order chi connectivity index (χ1) is 40.8. The van der Waals surface area contributed by atoms with Crippen molar-refractivity contribution >= 4 is 110 Å². The van der Waals surface area contributed by atoms with Gasteiger partial charge in [0.2, 0.25) is 0 Å². The lowest BCUT2D eigenvalue weighted by molar-refractivity contribution is 0.486. The van der Waals surface area contributed by atoms with Crippen molar-refractivity contribution in [3.63, 3.8) is 0 Å². The molecule has 0 amide bonds. The average Bonchev–Trinajstić information content (AvgIpc) is 1.51. The summed E-state index contributed by atoms with van der Waals surface area (Å²) in [6.07, 6.45) is 0. The van der Waals surface area contributed by atoms with Crippen LogP contribution in [-0.4, -0.2) is 25.0 Å². The summed E-state index contributed by atoms with van der Waals surface area (Å²) in [6, 6.07) is 70.4. The zero-order valence-electron chi connectivity index (χ0n) is 52.6. The number of hydrogen-bond donors (Lipinski definition) is 0. The summed E-state index contributed by atoms with van der Waals surface area (Å²) < 4.78 is 17.6. The van der Waals surface area contributed by atoms with Gasteiger partial charge in [-0.05, 0) is 162 Å². The van der Waals surface area contributed by atoms with E-state index in [0.717, 1.165) is 45.3 Å². The highest BCUT2D eigenvalue weighted by Gasteiger charge is 2.43. The standard InChI is InChI=1S/C80H75BN4O/c1-76(2,3)46-24-34-66-58(38-46)59-39-47(77(4,5)6)25-35-67(59)82(66)51-28-30-52(31-29-51)83-64-22-18-16-20-54(64)56-32-33-57-55-21-17-19-23-65(55)84(75(57)74(56)83)53-44-69-72-71(45-53)86-70-37-27-49(79(10,11)12)42-62(70)81(72)63-43-50(80(13,14)15)41-61-60-40-48(78(7,8)9)26-36-68(60)85(69)73(61)63/h16-45H,1-15H3. The van der Waals surface area contributed by atoms with Gasteiger partial charge in [-0.3, -0.25) is 0 Å². The minimum absolute atomic E-state index is 0.0193. The Balaban J connectivity index is 0.971. The van der Waals surface area contributed by atoms with Crippen molar-refractivity contribution in [2.75, 3.05) is 0 Å². The Hall–Kier alpha value is -8.74. The number of benzene rings is 10. The Morgan fingerprint density at radius 3 is 1.20 bits per heavy atom. The fourth-order valence-electron chi connectivity index (χ4n) is 14.8. The van der Waals surface area contributed by atoms with Crippen LogP contribution in [0.5, 0.6) is 11.5 Å². The average molecular weight is 1120 g/mol. The van der Waals surface area contributed by atoms with E-state index in [4.69, 9.17) is 4.74 Å². The first-order valence-corrected chi connectivity index (χ1v) is 31.1. The summed E-state index contributed by atoms with van der Waals surface area (Å²) in [5.41, 5.74) is 24.4. The highest BCUT2D eigenvalue weighted by atomic mass is 16.5. The van der Waals surface area contributed by atoms with Crippen molar-refractivity contribution in [1.82, 2.24) is 18.3 Å². The van der Waals surface area contributed by atoms with Gasteiger partial charge < -0.3 is 23.0 Å². The second kappa shape index (κ2) is 17.5. The van der Waals surface area contributed by atoms with Crippen LogP contribution in [0.3, 0.4) is 0 Å². The topological polar surface area (TPSA) is 28.9 Å². The number of hydrogen-bond acceptors (Lipinski definition) is 1. The van der Waals surface area contributed by atoms with Gasteiger partial charge in [-0.15, -0.1) is 0 Å². The Morgan fingerprint density at radius 1 is 0.279 bits per heavy atom. The second-order valence-corrected chi connectivity index (χ2v) is 30.3. The maximum atomic E-state index is 7.45. The minimum atomic E-state index is -0.0821. The summed E-state index contributed by atoms with van der Waals surface area (Å²) in [6.45, 7) is 34.9. The monoisotopic (exact) mass is 1120 g/mol. The van der Waals surface area contributed by atoms with E-state index in [1.807, 2.05) is 0 Å². The molecule has 424 valence electrons. The first-order valence-electron chi connectivity index (χ1n) is 31.1. The van der Waals surface area contributed by atoms with Gasteiger partial charge >= 0.3 is 0 Å². The summed E-state index contributed by atoms with van der Waals surface area (Å²) in [7, 11) is 0. The van der Waals surface area contributed by atoms with Crippen LogP contribution >= 0.6 is 0 Å². The van der Waals surface area contributed by atoms with Crippen LogP contribution < -0.4 is 21.1 Å². The normalized spacial score (nSPS) is 13.8. The largest absolute Gasteiger partial charge is 0.458 e. The van der Waals surface area contributed by atoms with Gasteiger partial charge in [-0.25, -0.2) is 0 Å². The SMILES string of the molecule is CC(C)(C)c1ccc2c(c1)B1c3c(cc(-n4c5ccccc5c5ccc6c7ccccc7n(-c7ccc(-n8c9ccc(C(C)(C)C)cc9c9cc(C(C)(C)C)ccc98)cc7)c6c54)cc3-n3c4ccc(C(C)(C)C)cc4c4cc(C(C)(C)C)cc1c43)O2. The molecule has 0 aliphatic carbocycles. The molecule has 6 heterocycles. The van der Waals surface area contributed by atoms with Crippen molar-refractivity contribution in [3.8, 4) is 34.2 Å². The van der Waals surface area contributed by atoms with E-state index >= 15 is 0 Å². The lowest BCUT2D eigenvalue weighted by Crippen LogP contribution is -2.58. The van der Waals surface area contributed by atoms with E-state index < -0.39 is 0 Å². The van der Waals surface area contributed by atoms with E-state index in [-0.39, 0.29) is 33.8 Å². The lowest BCUT2D eigenvalue weighted by Gasteiger charge is -2.35. The maximum absolute atomic E-state index is 7.45. The van der Waals surface area contributed by atoms with Gasteiger partial charge in [-0.1, -0.05) is 189 Å². The Kier molecular flexibility index (Phi) is 10.7. The zero-order valence-corrected chi connectivity index (χ0v) is 52.6. The molecule has 0 radical (unpaired) electrons. The molecule has 2 aliphatic rings. The molecular formula is C80H75BN4O. The number of rotatable bonds is 3. The summed E-state index contributed by atoms with van der Waals surface area (Å²) in [4.78, 5) is 0. The molecule has 10 aromatic carbocycles. The number of nitrogens with zero attached hydrogens (tertiary/aromatic N) is 4. The van der Waals surface area contributed by atoms with Crippen molar-refractivity contribution < 1.29 is 4.74 Å². The van der Waals surface area contributed by atoms with Crippen molar-refractivity contribution in [1.29, 1.82) is 0 Å². The van der Waals surface area contributed by atoms with Gasteiger partial charge in [0, 0.05) is 71.7 Å². The molecule has 5 nitrogen and oxygen atoms in total. The van der Waals surface area contributed by atoms with E-state index in [1.165, 1.54) is 120 Å². The molecule has 2 aliphatic heterocycles. The van der Waals surface area contributed by atoms with Gasteiger partial charge in [0.1, 0.15) is 11.5 Å². The Morgan fingerprint density at radius 2 is 0.686 bits per heavy atom. The first kappa shape index (κ1) is 52.8.